The summed E-state index contributed by atoms with van der Waals surface area (Å²) in [5, 5.41) is 2.85. The van der Waals surface area contributed by atoms with Gasteiger partial charge in [-0.15, -0.1) is 0 Å². The van der Waals surface area contributed by atoms with Gasteiger partial charge in [-0.1, -0.05) is 6.07 Å². The highest BCUT2D eigenvalue weighted by Crippen LogP contribution is 2.31. The van der Waals surface area contributed by atoms with E-state index in [9.17, 15) is 9.59 Å². The Labute approximate surface area is 158 Å². The van der Waals surface area contributed by atoms with E-state index in [1.54, 1.807) is 24.3 Å². The quantitative estimate of drug-likeness (QED) is 0.812. The lowest BCUT2D eigenvalue weighted by Crippen LogP contribution is -2.39. The van der Waals surface area contributed by atoms with Crippen LogP contribution in [0.15, 0.2) is 42.5 Å². The highest BCUT2D eigenvalue weighted by Gasteiger charge is 2.19. The van der Waals surface area contributed by atoms with Crippen LogP contribution in [0.1, 0.15) is 22.8 Å². The fraction of sp³-hybridized carbons (Fsp3) is 0.300. The molecule has 2 aromatic rings. The van der Waals surface area contributed by atoms with Gasteiger partial charge in [0.05, 0.1) is 6.04 Å². The Morgan fingerprint density at radius 1 is 1.11 bits per heavy atom. The van der Waals surface area contributed by atoms with Crippen LogP contribution in [0.4, 0.5) is 5.69 Å². The number of likely N-dealkylation sites (N-methyl/N-ethyl adjacent to an activating group) is 1. The second-order valence-electron chi connectivity index (χ2n) is 6.50. The van der Waals surface area contributed by atoms with E-state index in [2.05, 4.69) is 5.32 Å². The van der Waals surface area contributed by atoms with Gasteiger partial charge in [0.1, 0.15) is 13.2 Å². The van der Waals surface area contributed by atoms with Crippen molar-refractivity contribution in [2.45, 2.75) is 19.5 Å². The Kier molecular flexibility index (Phi) is 5.61. The van der Waals surface area contributed by atoms with Crippen LogP contribution in [0, 0.1) is 0 Å². The largest absolute Gasteiger partial charge is 0.486 e. The molecule has 27 heavy (non-hydrogen) atoms. The minimum Gasteiger partial charge on any atom is -0.486 e. The van der Waals surface area contributed by atoms with Gasteiger partial charge in [-0.05, 0) is 55.9 Å². The summed E-state index contributed by atoms with van der Waals surface area (Å²) in [7, 11) is 1.89. The van der Waals surface area contributed by atoms with Crippen molar-refractivity contribution in [3.8, 4) is 11.5 Å². The molecule has 1 heterocycles. The lowest BCUT2D eigenvalue weighted by molar-refractivity contribution is -0.120. The Morgan fingerprint density at radius 3 is 2.44 bits per heavy atom. The molecule has 0 bridgehead atoms. The normalized spacial score (nSPS) is 13.9. The number of rotatable bonds is 6. The lowest BCUT2D eigenvalue weighted by Gasteiger charge is -2.25. The zero-order valence-electron chi connectivity index (χ0n) is 15.4. The maximum Gasteiger partial charge on any atom is 0.248 e. The molecule has 0 saturated heterocycles. The first-order valence-corrected chi connectivity index (χ1v) is 8.73. The van der Waals surface area contributed by atoms with Crippen molar-refractivity contribution in [1.29, 1.82) is 0 Å². The van der Waals surface area contributed by atoms with Crippen LogP contribution in [-0.4, -0.2) is 43.0 Å². The Hall–Kier alpha value is -3.06. The molecule has 3 rings (SSSR count). The molecule has 0 aliphatic carbocycles. The number of nitrogens with one attached hydrogen (secondary N) is 1. The van der Waals surface area contributed by atoms with Crippen molar-refractivity contribution in [3.63, 3.8) is 0 Å². The number of carbonyl (C=O) groups excluding carboxylic acids is 2. The molecule has 7 heteroatoms. The van der Waals surface area contributed by atoms with Gasteiger partial charge >= 0.3 is 0 Å². The van der Waals surface area contributed by atoms with Crippen LogP contribution in [0.2, 0.25) is 0 Å². The number of carbonyl (C=O) groups is 2. The second kappa shape index (κ2) is 8.09. The first kappa shape index (κ1) is 18.7. The highest BCUT2D eigenvalue weighted by molar-refractivity contribution is 5.96. The number of fused-ring (bicyclic) bond motifs is 1. The van der Waals surface area contributed by atoms with Crippen LogP contribution in [0.25, 0.3) is 0 Å². The zero-order chi connectivity index (χ0) is 19.4. The van der Waals surface area contributed by atoms with E-state index in [1.807, 2.05) is 37.1 Å². The van der Waals surface area contributed by atoms with Gasteiger partial charge in [0.15, 0.2) is 11.5 Å². The van der Waals surface area contributed by atoms with Gasteiger partial charge in [-0.3, -0.25) is 14.5 Å². The molecule has 142 valence electrons. The van der Waals surface area contributed by atoms with Crippen molar-refractivity contribution in [3.05, 3.63) is 53.6 Å². The molecule has 0 unspecified atom stereocenters. The van der Waals surface area contributed by atoms with Gasteiger partial charge in [0.25, 0.3) is 0 Å². The van der Waals surface area contributed by atoms with Crippen molar-refractivity contribution < 1.29 is 19.1 Å². The number of hydrogen-bond donors (Lipinski definition) is 2. The molecule has 2 aromatic carbocycles. The van der Waals surface area contributed by atoms with Crippen LogP contribution >= 0.6 is 0 Å². The van der Waals surface area contributed by atoms with E-state index < -0.39 is 5.91 Å². The SMILES string of the molecule is C[C@@H](C(=O)Nc1ccc(C(N)=O)cc1)N(C)Cc1ccc2c(c1)OCCO2. The number of nitrogens with zero attached hydrogens (tertiary/aromatic N) is 1. The third-order valence-corrected chi connectivity index (χ3v) is 4.52. The number of hydrogen-bond acceptors (Lipinski definition) is 5. The number of ether oxygens (including phenoxy) is 2. The molecule has 0 fully saturated rings. The average Bonchev–Trinajstić information content (AvgIpc) is 2.67. The van der Waals surface area contributed by atoms with E-state index in [4.69, 9.17) is 15.2 Å². The van der Waals surface area contributed by atoms with Crippen LogP contribution in [-0.2, 0) is 11.3 Å². The van der Waals surface area contributed by atoms with Gasteiger partial charge in [0.2, 0.25) is 11.8 Å². The van der Waals surface area contributed by atoms with Gasteiger partial charge in [-0.25, -0.2) is 0 Å². The standard InChI is InChI=1S/C20H23N3O4/c1-13(20(25)22-16-6-4-15(5-7-16)19(21)24)23(2)12-14-3-8-17-18(11-14)27-10-9-26-17/h3-8,11,13H,9-10,12H2,1-2H3,(H2,21,24)(H,22,25)/t13-/m0/s1. The first-order valence-electron chi connectivity index (χ1n) is 8.73. The lowest BCUT2D eigenvalue weighted by atomic mass is 10.1. The van der Waals surface area contributed by atoms with Crippen molar-refractivity contribution in [1.82, 2.24) is 4.90 Å². The summed E-state index contributed by atoms with van der Waals surface area (Å²) in [5.41, 5.74) is 7.27. The zero-order valence-corrected chi connectivity index (χ0v) is 15.4. The van der Waals surface area contributed by atoms with E-state index in [0.29, 0.717) is 31.0 Å². The van der Waals surface area contributed by atoms with Gasteiger partial charge < -0.3 is 20.5 Å². The molecular weight excluding hydrogens is 346 g/mol. The molecule has 1 aliphatic rings. The molecule has 0 aromatic heterocycles. The van der Waals surface area contributed by atoms with Gasteiger partial charge in [0, 0.05) is 17.8 Å². The molecule has 0 radical (unpaired) electrons. The summed E-state index contributed by atoms with van der Waals surface area (Å²) in [6, 6.07) is 11.9. The maximum absolute atomic E-state index is 12.5. The molecule has 1 atom stereocenters. The predicted octanol–water partition coefficient (Wildman–Crippen LogP) is 2.02. The summed E-state index contributed by atoms with van der Waals surface area (Å²) in [4.78, 5) is 25.6. The molecule has 3 N–H and O–H groups in total. The summed E-state index contributed by atoms with van der Waals surface area (Å²) >= 11 is 0. The molecule has 0 saturated carbocycles. The maximum atomic E-state index is 12.5. The summed E-state index contributed by atoms with van der Waals surface area (Å²) in [6.45, 7) is 3.53. The van der Waals surface area contributed by atoms with E-state index >= 15 is 0 Å². The number of benzene rings is 2. The van der Waals surface area contributed by atoms with Crippen LogP contribution in [0.5, 0.6) is 11.5 Å². The minimum atomic E-state index is -0.500. The Balaban J connectivity index is 1.60. The summed E-state index contributed by atoms with van der Waals surface area (Å²) < 4.78 is 11.1. The Morgan fingerprint density at radius 2 is 1.78 bits per heavy atom. The fourth-order valence-corrected chi connectivity index (χ4v) is 2.78. The number of primary amides is 1. The Bertz CT molecular complexity index is 836. The second-order valence-corrected chi connectivity index (χ2v) is 6.50. The van der Waals surface area contributed by atoms with Crippen molar-refractivity contribution >= 4 is 17.5 Å². The third-order valence-electron chi connectivity index (χ3n) is 4.52. The molecule has 2 amide bonds. The highest BCUT2D eigenvalue weighted by atomic mass is 16.6. The number of anilines is 1. The van der Waals surface area contributed by atoms with Crippen LogP contribution in [0.3, 0.4) is 0 Å². The van der Waals surface area contributed by atoms with Gasteiger partial charge in [-0.2, -0.15) is 0 Å². The number of amides is 2. The van der Waals surface area contributed by atoms with E-state index in [1.165, 1.54) is 0 Å². The predicted molar refractivity (Wildman–Crippen MR) is 102 cm³/mol. The van der Waals surface area contributed by atoms with Crippen molar-refractivity contribution in [2.75, 3.05) is 25.6 Å². The number of nitrogens with two attached hydrogens (primary N) is 1. The average molecular weight is 369 g/mol. The molecule has 1 aliphatic heterocycles. The van der Waals surface area contributed by atoms with Crippen molar-refractivity contribution in [2.24, 2.45) is 5.73 Å². The smallest absolute Gasteiger partial charge is 0.248 e. The molecular formula is C20H23N3O4. The van der Waals surface area contributed by atoms with E-state index in [-0.39, 0.29) is 11.9 Å². The summed E-state index contributed by atoms with van der Waals surface area (Å²) in [5.74, 6) is 0.846. The monoisotopic (exact) mass is 369 g/mol. The third kappa shape index (κ3) is 4.57. The molecule has 0 spiro atoms. The van der Waals surface area contributed by atoms with E-state index in [0.717, 1.165) is 17.1 Å². The summed E-state index contributed by atoms with van der Waals surface area (Å²) in [6.07, 6.45) is 0. The molecule has 7 nitrogen and oxygen atoms in total. The fourth-order valence-electron chi connectivity index (χ4n) is 2.78. The topological polar surface area (TPSA) is 93.9 Å². The minimum absolute atomic E-state index is 0.137. The van der Waals surface area contributed by atoms with Crippen LogP contribution < -0.4 is 20.5 Å². The first-order chi connectivity index (χ1) is 12.9.